The molecular formula is C19H30IN3O2. The molecule has 25 heavy (non-hydrogen) atoms. The number of benzene rings is 1. The summed E-state index contributed by atoms with van der Waals surface area (Å²) in [5, 5.41) is 3.40. The van der Waals surface area contributed by atoms with Crippen LogP contribution in [0.1, 0.15) is 42.6 Å². The molecule has 0 unspecified atom stereocenters. The number of ether oxygens (including phenoxy) is 1. The number of carbonyl (C=O) groups excluding carboxylic acids is 1. The van der Waals surface area contributed by atoms with Gasteiger partial charge in [0.15, 0.2) is 5.96 Å². The Morgan fingerprint density at radius 1 is 1.28 bits per heavy atom. The van der Waals surface area contributed by atoms with E-state index in [2.05, 4.69) is 24.1 Å². The van der Waals surface area contributed by atoms with E-state index < -0.39 is 0 Å². The van der Waals surface area contributed by atoms with Crippen LogP contribution in [0, 0.1) is 5.92 Å². The van der Waals surface area contributed by atoms with Gasteiger partial charge in [-0.05, 0) is 49.8 Å². The Morgan fingerprint density at radius 2 is 1.92 bits per heavy atom. The van der Waals surface area contributed by atoms with Crippen molar-refractivity contribution in [3.63, 3.8) is 0 Å². The average molecular weight is 459 g/mol. The van der Waals surface area contributed by atoms with Crippen molar-refractivity contribution in [2.45, 2.75) is 33.1 Å². The number of piperidine rings is 1. The van der Waals surface area contributed by atoms with Crippen molar-refractivity contribution < 1.29 is 9.53 Å². The Kier molecular flexibility index (Phi) is 9.85. The third kappa shape index (κ3) is 6.84. The number of hydrogen-bond acceptors (Lipinski definition) is 3. The summed E-state index contributed by atoms with van der Waals surface area (Å²) in [6, 6.07) is 7.55. The number of guanidine groups is 1. The van der Waals surface area contributed by atoms with Crippen LogP contribution in [0.15, 0.2) is 29.3 Å². The summed E-state index contributed by atoms with van der Waals surface area (Å²) in [7, 11) is 1.40. The molecule has 1 heterocycles. The third-order valence-electron chi connectivity index (χ3n) is 4.46. The lowest BCUT2D eigenvalue weighted by Gasteiger charge is -2.33. The van der Waals surface area contributed by atoms with Crippen LogP contribution >= 0.6 is 24.0 Å². The molecule has 1 aromatic rings. The molecule has 1 N–H and O–H groups in total. The fraction of sp³-hybridized carbons (Fsp3) is 0.579. The zero-order valence-electron chi connectivity index (χ0n) is 15.5. The molecule has 0 radical (unpaired) electrons. The van der Waals surface area contributed by atoms with Crippen molar-refractivity contribution in [2.75, 3.05) is 33.3 Å². The summed E-state index contributed by atoms with van der Waals surface area (Å²) in [6.07, 6.45) is 3.33. The van der Waals surface area contributed by atoms with E-state index in [4.69, 9.17) is 9.73 Å². The van der Waals surface area contributed by atoms with E-state index in [0.717, 1.165) is 44.5 Å². The van der Waals surface area contributed by atoms with Crippen LogP contribution in [0.3, 0.4) is 0 Å². The lowest BCUT2D eigenvalue weighted by Crippen LogP contribution is -2.45. The van der Waals surface area contributed by atoms with Gasteiger partial charge >= 0.3 is 5.97 Å². The van der Waals surface area contributed by atoms with E-state index in [1.807, 2.05) is 24.3 Å². The number of esters is 1. The molecule has 1 aliphatic rings. The molecule has 0 bridgehead atoms. The quantitative estimate of drug-likeness (QED) is 0.318. The monoisotopic (exact) mass is 459 g/mol. The van der Waals surface area contributed by atoms with Gasteiger partial charge in [-0.3, -0.25) is 4.99 Å². The summed E-state index contributed by atoms with van der Waals surface area (Å²) in [4.78, 5) is 18.6. The maximum absolute atomic E-state index is 11.4. The summed E-state index contributed by atoms with van der Waals surface area (Å²) in [6.45, 7) is 8.22. The normalized spacial score (nSPS) is 15.5. The summed E-state index contributed by atoms with van der Waals surface area (Å²) < 4.78 is 4.72. The van der Waals surface area contributed by atoms with Crippen LogP contribution < -0.4 is 5.32 Å². The van der Waals surface area contributed by atoms with E-state index in [1.54, 1.807) is 0 Å². The molecule has 0 aliphatic carbocycles. The SMILES string of the molecule is CCNC(=NCCc1ccc(C(=O)OC)cc1)N1CCC(C)CC1.I. The molecule has 0 spiro atoms. The first-order valence-corrected chi connectivity index (χ1v) is 8.84. The highest BCUT2D eigenvalue weighted by molar-refractivity contribution is 14.0. The zero-order valence-corrected chi connectivity index (χ0v) is 17.8. The molecule has 5 nitrogen and oxygen atoms in total. The van der Waals surface area contributed by atoms with Gasteiger partial charge < -0.3 is 15.0 Å². The average Bonchev–Trinajstić information content (AvgIpc) is 2.61. The molecule has 0 saturated carbocycles. The molecule has 0 aromatic heterocycles. The topological polar surface area (TPSA) is 53.9 Å². The largest absolute Gasteiger partial charge is 0.465 e. The molecule has 1 fully saturated rings. The van der Waals surface area contributed by atoms with Gasteiger partial charge in [-0.25, -0.2) is 4.79 Å². The molecule has 2 rings (SSSR count). The Labute approximate surface area is 168 Å². The summed E-state index contributed by atoms with van der Waals surface area (Å²) in [5.74, 6) is 1.54. The Morgan fingerprint density at radius 3 is 2.48 bits per heavy atom. The fourth-order valence-electron chi connectivity index (χ4n) is 2.86. The molecule has 1 aromatic carbocycles. The molecule has 6 heteroatoms. The minimum atomic E-state index is -0.298. The van der Waals surface area contributed by atoms with Gasteiger partial charge in [-0.1, -0.05) is 19.1 Å². The van der Waals surface area contributed by atoms with Crippen molar-refractivity contribution >= 4 is 35.9 Å². The van der Waals surface area contributed by atoms with Crippen molar-refractivity contribution in [3.8, 4) is 0 Å². The molecule has 0 amide bonds. The second-order valence-corrected chi connectivity index (χ2v) is 6.34. The fourth-order valence-corrected chi connectivity index (χ4v) is 2.86. The van der Waals surface area contributed by atoms with Crippen LogP contribution in [0.25, 0.3) is 0 Å². The highest BCUT2D eigenvalue weighted by Gasteiger charge is 2.18. The number of likely N-dealkylation sites (tertiary alicyclic amines) is 1. The Balaban J connectivity index is 0.00000312. The first kappa shape index (κ1) is 21.7. The highest BCUT2D eigenvalue weighted by Crippen LogP contribution is 2.16. The number of halogens is 1. The maximum Gasteiger partial charge on any atom is 0.337 e. The standard InChI is InChI=1S/C19H29N3O2.HI/c1-4-20-19(22-13-10-15(2)11-14-22)21-12-9-16-5-7-17(8-6-16)18(23)24-3;/h5-8,15H,4,9-14H2,1-3H3,(H,20,21);1H. The van der Waals surface area contributed by atoms with Gasteiger partial charge in [0.1, 0.15) is 0 Å². The number of methoxy groups -OCH3 is 1. The lowest BCUT2D eigenvalue weighted by molar-refractivity contribution is 0.0600. The van der Waals surface area contributed by atoms with Crippen molar-refractivity contribution in [2.24, 2.45) is 10.9 Å². The first-order chi connectivity index (χ1) is 11.6. The van der Waals surface area contributed by atoms with Crippen LogP contribution in [0.5, 0.6) is 0 Å². The van der Waals surface area contributed by atoms with Crippen LogP contribution in [-0.4, -0.2) is 50.1 Å². The second kappa shape index (κ2) is 11.3. The molecule has 1 aliphatic heterocycles. The zero-order chi connectivity index (χ0) is 17.4. The van der Waals surface area contributed by atoms with Gasteiger partial charge in [-0.2, -0.15) is 0 Å². The predicted molar refractivity (Wildman–Crippen MR) is 113 cm³/mol. The third-order valence-corrected chi connectivity index (χ3v) is 4.46. The molecule has 0 atom stereocenters. The number of nitrogens with zero attached hydrogens (tertiary/aromatic N) is 2. The summed E-state index contributed by atoms with van der Waals surface area (Å²) in [5.41, 5.74) is 1.76. The maximum atomic E-state index is 11.4. The van der Waals surface area contributed by atoms with Gasteiger partial charge in [0.05, 0.1) is 12.7 Å². The van der Waals surface area contributed by atoms with E-state index in [-0.39, 0.29) is 29.9 Å². The van der Waals surface area contributed by atoms with Crippen LogP contribution in [0.4, 0.5) is 0 Å². The van der Waals surface area contributed by atoms with Gasteiger partial charge in [0, 0.05) is 26.2 Å². The van der Waals surface area contributed by atoms with E-state index in [9.17, 15) is 4.79 Å². The minimum Gasteiger partial charge on any atom is -0.465 e. The lowest BCUT2D eigenvalue weighted by atomic mass is 10.00. The minimum absolute atomic E-state index is 0. The Bertz CT molecular complexity index is 552. The van der Waals surface area contributed by atoms with Crippen molar-refractivity contribution in [1.82, 2.24) is 10.2 Å². The second-order valence-electron chi connectivity index (χ2n) is 6.34. The number of hydrogen-bond donors (Lipinski definition) is 1. The van der Waals surface area contributed by atoms with Gasteiger partial charge in [0.2, 0.25) is 0 Å². The number of rotatable bonds is 5. The first-order valence-electron chi connectivity index (χ1n) is 8.84. The Hall–Kier alpha value is -1.31. The highest BCUT2D eigenvalue weighted by atomic mass is 127. The predicted octanol–water partition coefficient (Wildman–Crippen LogP) is 3.33. The van der Waals surface area contributed by atoms with Gasteiger partial charge in [0.25, 0.3) is 0 Å². The van der Waals surface area contributed by atoms with Crippen molar-refractivity contribution in [1.29, 1.82) is 0 Å². The smallest absolute Gasteiger partial charge is 0.337 e. The number of nitrogens with one attached hydrogen (secondary N) is 1. The summed E-state index contributed by atoms with van der Waals surface area (Å²) >= 11 is 0. The van der Waals surface area contributed by atoms with E-state index in [0.29, 0.717) is 5.56 Å². The number of carbonyl (C=O) groups is 1. The molecule has 1 saturated heterocycles. The van der Waals surface area contributed by atoms with E-state index >= 15 is 0 Å². The van der Waals surface area contributed by atoms with Gasteiger partial charge in [-0.15, -0.1) is 24.0 Å². The molecule has 140 valence electrons. The number of aliphatic imine (C=N–C) groups is 1. The molecular weight excluding hydrogens is 429 g/mol. The van der Waals surface area contributed by atoms with Crippen LogP contribution in [-0.2, 0) is 11.2 Å². The van der Waals surface area contributed by atoms with Crippen LogP contribution in [0.2, 0.25) is 0 Å². The van der Waals surface area contributed by atoms with Crippen molar-refractivity contribution in [3.05, 3.63) is 35.4 Å². The van der Waals surface area contributed by atoms with E-state index in [1.165, 1.54) is 25.5 Å².